The Bertz CT molecular complexity index is 1700. The van der Waals surface area contributed by atoms with Gasteiger partial charge in [0, 0.05) is 23.4 Å². The fourth-order valence-corrected chi connectivity index (χ4v) is 4.50. The SMILES string of the molecule is Cc1ccc(S(=O)(=O)Oc2ccc3ccccc3c2/C=C(\C#N)C(=O)Nc2cccc([N+](=O)[O-])c2)cc1. The van der Waals surface area contributed by atoms with Gasteiger partial charge >= 0.3 is 10.1 Å². The molecular weight excluding hydrogens is 494 g/mol. The van der Waals surface area contributed by atoms with Crippen LogP contribution in [0.3, 0.4) is 0 Å². The van der Waals surface area contributed by atoms with Crippen LogP contribution in [0.25, 0.3) is 16.8 Å². The molecule has 0 bridgehead atoms. The summed E-state index contributed by atoms with van der Waals surface area (Å²) >= 11 is 0. The van der Waals surface area contributed by atoms with Gasteiger partial charge in [-0.25, -0.2) is 0 Å². The Hall–Kier alpha value is -5.01. The first-order valence-electron chi connectivity index (χ1n) is 10.9. The van der Waals surface area contributed by atoms with Gasteiger partial charge in [-0.15, -0.1) is 0 Å². The van der Waals surface area contributed by atoms with Crippen LogP contribution in [0.1, 0.15) is 11.1 Å². The maximum atomic E-state index is 13.0. The quantitative estimate of drug-likeness (QED) is 0.115. The van der Waals surface area contributed by atoms with Crippen molar-refractivity contribution in [3.63, 3.8) is 0 Å². The van der Waals surface area contributed by atoms with Crippen LogP contribution in [0.2, 0.25) is 0 Å². The third-order valence-corrected chi connectivity index (χ3v) is 6.66. The minimum atomic E-state index is -4.22. The highest BCUT2D eigenvalue weighted by Crippen LogP contribution is 2.32. The molecule has 184 valence electrons. The van der Waals surface area contributed by atoms with Gasteiger partial charge in [0.2, 0.25) is 0 Å². The molecule has 0 aromatic heterocycles. The van der Waals surface area contributed by atoms with Crippen LogP contribution in [0.5, 0.6) is 5.75 Å². The second kappa shape index (κ2) is 10.3. The second-order valence-electron chi connectivity index (χ2n) is 7.98. The number of aryl methyl sites for hydroxylation is 1. The fraction of sp³-hybridized carbons (Fsp3) is 0.0370. The second-order valence-corrected chi connectivity index (χ2v) is 9.53. The highest BCUT2D eigenvalue weighted by Gasteiger charge is 2.21. The van der Waals surface area contributed by atoms with Crippen LogP contribution in [0.15, 0.2) is 95.4 Å². The van der Waals surface area contributed by atoms with Gasteiger partial charge in [-0.3, -0.25) is 14.9 Å². The minimum Gasteiger partial charge on any atom is -0.378 e. The van der Waals surface area contributed by atoms with Crippen molar-refractivity contribution in [3.05, 3.63) is 112 Å². The molecular formula is C27H19N3O6S. The van der Waals surface area contributed by atoms with Gasteiger partial charge in [-0.1, -0.05) is 54.1 Å². The summed E-state index contributed by atoms with van der Waals surface area (Å²) < 4.78 is 31.4. The van der Waals surface area contributed by atoms with Gasteiger partial charge in [0.1, 0.15) is 16.5 Å². The first-order chi connectivity index (χ1) is 17.7. The standard InChI is InChI=1S/C27H19N3O6S/c1-18-9-12-23(13-10-18)37(34,35)36-26-14-11-19-5-2-3-8-24(19)25(26)15-20(17-28)27(31)29-21-6-4-7-22(16-21)30(32)33/h2-16H,1H3,(H,29,31)/b20-15+. The molecule has 0 unspecified atom stereocenters. The molecule has 1 N–H and O–H groups in total. The molecule has 0 heterocycles. The van der Waals surface area contributed by atoms with E-state index in [1.54, 1.807) is 42.5 Å². The number of benzene rings is 4. The van der Waals surface area contributed by atoms with Gasteiger partial charge in [-0.2, -0.15) is 13.7 Å². The number of nitrogens with zero attached hydrogens (tertiary/aromatic N) is 2. The van der Waals surface area contributed by atoms with Crippen LogP contribution in [-0.2, 0) is 14.9 Å². The number of rotatable bonds is 7. The number of carbonyl (C=O) groups excluding carboxylic acids is 1. The fourth-order valence-electron chi connectivity index (χ4n) is 3.56. The molecule has 0 fully saturated rings. The summed E-state index contributed by atoms with van der Waals surface area (Å²) in [5, 5.41) is 24.5. The number of nitriles is 1. The minimum absolute atomic E-state index is 0.0508. The zero-order chi connectivity index (χ0) is 26.6. The molecule has 0 spiro atoms. The van der Waals surface area contributed by atoms with E-state index in [1.165, 1.54) is 42.5 Å². The topological polar surface area (TPSA) is 139 Å². The maximum Gasteiger partial charge on any atom is 0.339 e. The zero-order valence-corrected chi connectivity index (χ0v) is 20.2. The van der Waals surface area contributed by atoms with Crippen LogP contribution in [0.4, 0.5) is 11.4 Å². The average molecular weight is 514 g/mol. The van der Waals surface area contributed by atoms with Gasteiger partial charge in [0.05, 0.1) is 4.92 Å². The Labute approximate surface area is 212 Å². The van der Waals surface area contributed by atoms with E-state index >= 15 is 0 Å². The summed E-state index contributed by atoms with van der Waals surface area (Å²) in [6.45, 7) is 1.83. The van der Waals surface area contributed by atoms with Gasteiger partial charge < -0.3 is 9.50 Å². The molecule has 0 aliphatic rings. The van der Waals surface area contributed by atoms with Gasteiger partial charge in [0.15, 0.2) is 5.75 Å². The summed E-state index contributed by atoms with van der Waals surface area (Å²) in [7, 11) is -4.22. The molecule has 10 heteroatoms. The highest BCUT2D eigenvalue weighted by atomic mass is 32.2. The number of fused-ring (bicyclic) bond motifs is 1. The van der Waals surface area contributed by atoms with Crippen molar-refractivity contribution in [3.8, 4) is 11.8 Å². The van der Waals surface area contributed by atoms with E-state index in [2.05, 4.69) is 5.32 Å². The molecule has 0 saturated heterocycles. The van der Waals surface area contributed by atoms with Crippen molar-refractivity contribution < 1.29 is 22.3 Å². The van der Waals surface area contributed by atoms with Crippen molar-refractivity contribution in [2.24, 2.45) is 0 Å². The van der Waals surface area contributed by atoms with Crippen LogP contribution in [0, 0.1) is 28.4 Å². The lowest BCUT2D eigenvalue weighted by Gasteiger charge is -2.13. The Kier molecular flexibility index (Phi) is 6.99. The summed E-state index contributed by atoms with van der Waals surface area (Å²) in [5.41, 5.74) is 0.615. The first kappa shape index (κ1) is 25.1. The Morgan fingerprint density at radius 2 is 1.76 bits per heavy atom. The van der Waals surface area contributed by atoms with E-state index in [1.807, 2.05) is 13.0 Å². The first-order valence-corrected chi connectivity index (χ1v) is 12.3. The van der Waals surface area contributed by atoms with Crippen molar-refractivity contribution in [2.75, 3.05) is 5.32 Å². The molecule has 4 aromatic carbocycles. The van der Waals surface area contributed by atoms with Crippen LogP contribution < -0.4 is 9.50 Å². The molecule has 4 rings (SSSR count). The third kappa shape index (κ3) is 5.63. The molecule has 0 saturated carbocycles. The summed E-state index contributed by atoms with van der Waals surface area (Å²) in [4.78, 5) is 23.3. The smallest absolute Gasteiger partial charge is 0.339 e. The number of amides is 1. The van der Waals surface area contributed by atoms with E-state index in [-0.39, 0.29) is 33.2 Å². The van der Waals surface area contributed by atoms with E-state index in [0.717, 1.165) is 17.0 Å². The predicted molar refractivity (Wildman–Crippen MR) is 138 cm³/mol. The number of nitro benzene ring substituents is 1. The van der Waals surface area contributed by atoms with E-state index in [0.29, 0.717) is 5.39 Å². The van der Waals surface area contributed by atoms with Gasteiger partial charge in [-0.05, 0) is 48.0 Å². The number of non-ortho nitro benzene ring substituents is 1. The van der Waals surface area contributed by atoms with Crippen LogP contribution in [-0.4, -0.2) is 19.2 Å². The van der Waals surface area contributed by atoms with Gasteiger partial charge in [0.25, 0.3) is 11.6 Å². The normalized spacial score (nSPS) is 11.5. The monoisotopic (exact) mass is 513 g/mol. The summed E-state index contributed by atoms with van der Waals surface area (Å²) in [6, 6.07) is 23.4. The number of hydrogen-bond acceptors (Lipinski definition) is 7. The van der Waals surface area contributed by atoms with Crippen molar-refractivity contribution in [1.82, 2.24) is 0 Å². The lowest BCUT2D eigenvalue weighted by Crippen LogP contribution is -2.14. The van der Waals surface area contributed by atoms with E-state index < -0.39 is 20.9 Å². The Balaban J connectivity index is 1.76. The number of nitrogens with one attached hydrogen (secondary N) is 1. The summed E-state index contributed by atoms with van der Waals surface area (Å²) in [6.07, 6.45) is 1.23. The Morgan fingerprint density at radius 3 is 2.46 bits per heavy atom. The highest BCUT2D eigenvalue weighted by molar-refractivity contribution is 7.87. The largest absolute Gasteiger partial charge is 0.378 e. The van der Waals surface area contributed by atoms with Crippen molar-refractivity contribution in [1.29, 1.82) is 5.26 Å². The number of hydrogen-bond donors (Lipinski definition) is 1. The number of nitro groups is 1. The van der Waals surface area contributed by atoms with Crippen molar-refractivity contribution in [2.45, 2.75) is 11.8 Å². The van der Waals surface area contributed by atoms with E-state index in [9.17, 15) is 28.6 Å². The van der Waals surface area contributed by atoms with E-state index in [4.69, 9.17) is 4.18 Å². The molecule has 0 atom stereocenters. The molecule has 4 aromatic rings. The molecule has 0 radical (unpaired) electrons. The molecule has 37 heavy (non-hydrogen) atoms. The molecule has 1 amide bonds. The van der Waals surface area contributed by atoms with Crippen LogP contribution >= 0.6 is 0 Å². The molecule has 0 aliphatic heterocycles. The Morgan fingerprint density at radius 1 is 1.03 bits per heavy atom. The lowest BCUT2D eigenvalue weighted by atomic mass is 10.0. The maximum absolute atomic E-state index is 13.0. The van der Waals surface area contributed by atoms with Crippen molar-refractivity contribution >= 4 is 44.2 Å². The third-order valence-electron chi connectivity index (χ3n) is 5.41. The summed E-state index contributed by atoms with van der Waals surface area (Å²) in [5.74, 6) is -0.904. The molecule has 0 aliphatic carbocycles. The molecule has 9 nitrogen and oxygen atoms in total. The lowest BCUT2D eigenvalue weighted by molar-refractivity contribution is -0.384. The zero-order valence-electron chi connectivity index (χ0n) is 19.4. The average Bonchev–Trinajstić information content (AvgIpc) is 2.88. The number of carbonyl (C=O) groups is 1. The predicted octanol–water partition coefficient (Wildman–Crippen LogP) is 5.37. The number of anilines is 1.